The fourth-order valence-corrected chi connectivity index (χ4v) is 2.78. The molecule has 0 bridgehead atoms. The molecule has 0 radical (unpaired) electrons. The van der Waals surface area contributed by atoms with E-state index in [2.05, 4.69) is 5.32 Å². The molecule has 0 saturated heterocycles. The first-order valence-electron chi connectivity index (χ1n) is 6.92. The van der Waals surface area contributed by atoms with Crippen LogP contribution in [-0.4, -0.2) is 11.8 Å². The zero-order valence-corrected chi connectivity index (χ0v) is 12.5. The Balaban J connectivity index is 2.06. The van der Waals surface area contributed by atoms with Crippen molar-refractivity contribution in [2.24, 2.45) is 0 Å². The molecule has 0 spiro atoms. The minimum atomic E-state index is -0.194. The highest BCUT2D eigenvalue weighted by atomic mass is 35.5. The highest BCUT2D eigenvalue weighted by molar-refractivity contribution is 6.18. The zero-order valence-electron chi connectivity index (χ0n) is 11.7. The smallest absolute Gasteiger partial charge is 0.221 e. The molecule has 0 aromatic heterocycles. The molecule has 108 valence electrons. The molecular weight excluding hydrogens is 286 g/mol. The molecule has 3 nitrogen and oxygen atoms in total. The van der Waals surface area contributed by atoms with Crippen LogP contribution in [0.2, 0.25) is 0 Å². The summed E-state index contributed by atoms with van der Waals surface area (Å²) in [6.07, 6.45) is 0.308. The van der Waals surface area contributed by atoms with Crippen LogP contribution in [0.3, 0.4) is 0 Å². The van der Waals surface area contributed by atoms with Crippen molar-refractivity contribution < 1.29 is 9.53 Å². The van der Waals surface area contributed by atoms with Crippen molar-refractivity contribution in [2.45, 2.75) is 19.4 Å². The summed E-state index contributed by atoms with van der Waals surface area (Å²) in [5.41, 5.74) is 3.01. The van der Waals surface area contributed by atoms with E-state index in [-0.39, 0.29) is 11.9 Å². The Hall–Kier alpha value is -2.00. The van der Waals surface area contributed by atoms with Crippen LogP contribution in [0.4, 0.5) is 0 Å². The minimum Gasteiger partial charge on any atom is -0.456 e. The van der Waals surface area contributed by atoms with Crippen LogP contribution in [-0.2, 0) is 4.79 Å². The number of hydrogen-bond acceptors (Lipinski definition) is 2. The molecule has 2 aromatic carbocycles. The summed E-state index contributed by atoms with van der Waals surface area (Å²) in [7, 11) is 0. The molecule has 2 aromatic rings. The van der Waals surface area contributed by atoms with Gasteiger partial charge in [-0.15, -0.1) is 11.6 Å². The van der Waals surface area contributed by atoms with E-state index in [1.54, 1.807) is 0 Å². The van der Waals surface area contributed by atoms with E-state index < -0.39 is 0 Å². The number of ether oxygens (including phenoxy) is 1. The van der Waals surface area contributed by atoms with E-state index in [4.69, 9.17) is 16.3 Å². The SMILES string of the molecule is Cc1cccc2c1Oc1ccccc1C2NC(=O)CCCl. The Labute approximate surface area is 128 Å². The predicted molar refractivity (Wildman–Crippen MR) is 83.0 cm³/mol. The van der Waals surface area contributed by atoms with Crippen LogP contribution in [0.1, 0.15) is 29.2 Å². The van der Waals surface area contributed by atoms with Gasteiger partial charge < -0.3 is 10.1 Å². The number of halogens is 1. The van der Waals surface area contributed by atoms with Crippen molar-refractivity contribution in [3.05, 3.63) is 59.2 Å². The molecule has 1 atom stereocenters. The normalized spacial score (nSPS) is 15.6. The van der Waals surface area contributed by atoms with Crippen LogP contribution in [0.5, 0.6) is 11.5 Å². The lowest BCUT2D eigenvalue weighted by molar-refractivity contribution is -0.121. The van der Waals surface area contributed by atoms with Gasteiger partial charge in [0.05, 0.1) is 6.04 Å². The number of carbonyl (C=O) groups excluding carboxylic acids is 1. The number of rotatable bonds is 3. The van der Waals surface area contributed by atoms with Gasteiger partial charge in [0.25, 0.3) is 0 Å². The largest absolute Gasteiger partial charge is 0.456 e. The molecule has 3 rings (SSSR count). The van der Waals surface area contributed by atoms with Crippen LogP contribution >= 0.6 is 11.6 Å². The first kappa shape index (κ1) is 14.0. The van der Waals surface area contributed by atoms with Crippen molar-refractivity contribution in [1.82, 2.24) is 5.32 Å². The highest BCUT2D eigenvalue weighted by Crippen LogP contribution is 2.44. The minimum absolute atomic E-state index is 0.0563. The number of carbonyl (C=O) groups is 1. The first-order chi connectivity index (χ1) is 10.2. The van der Waals surface area contributed by atoms with Gasteiger partial charge in [-0.25, -0.2) is 0 Å². The van der Waals surface area contributed by atoms with Gasteiger partial charge in [0.15, 0.2) is 0 Å². The zero-order chi connectivity index (χ0) is 14.8. The van der Waals surface area contributed by atoms with Gasteiger partial charge in [0.1, 0.15) is 11.5 Å². The second kappa shape index (κ2) is 5.78. The molecule has 1 aliphatic rings. The number of para-hydroxylation sites is 2. The molecule has 0 saturated carbocycles. The fourth-order valence-electron chi connectivity index (χ4n) is 2.61. The molecule has 1 unspecified atom stereocenters. The van der Waals surface area contributed by atoms with Crippen LogP contribution in [0, 0.1) is 6.92 Å². The molecule has 21 heavy (non-hydrogen) atoms. The van der Waals surface area contributed by atoms with Gasteiger partial charge in [-0.05, 0) is 18.6 Å². The van der Waals surface area contributed by atoms with Gasteiger partial charge in [0, 0.05) is 23.4 Å². The van der Waals surface area contributed by atoms with Gasteiger partial charge in [-0.2, -0.15) is 0 Å². The molecule has 1 aliphatic heterocycles. The molecule has 4 heteroatoms. The molecule has 1 heterocycles. The summed E-state index contributed by atoms with van der Waals surface area (Å²) in [6, 6.07) is 13.6. The van der Waals surface area contributed by atoms with E-state index in [1.165, 1.54) is 0 Å². The fraction of sp³-hybridized carbons (Fsp3) is 0.235. The summed E-state index contributed by atoms with van der Waals surface area (Å²) in [5, 5.41) is 3.06. The average molecular weight is 302 g/mol. The Morgan fingerprint density at radius 3 is 2.76 bits per heavy atom. The van der Waals surface area contributed by atoms with Crippen LogP contribution < -0.4 is 10.1 Å². The van der Waals surface area contributed by atoms with E-state index in [9.17, 15) is 4.79 Å². The number of benzene rings is 2. The third kappa shape index (κ3) is 2.61. The van der Waals surface area contributed by atoms with Crippen molar-refractivity contribution >= 4 is 17.5 Å². The van der Waals surface area contributed by atoms with Crippen LogP contribution in [0.15, 0.2) is 42.5 Å². The number of alkyl halides is 1. The number of amides is 1. The summed E-state index contributed by atoms with van der Waals surface area (Å²) in [4.78, 5) is 12.0. The van der Waals surface area contributed by atoms with E-state index >= 15 is 0 Å². The monoisotopic (exact) mass is 301 g/mol. The summed E-state index contributed by atoms with van der Waals surface area (Å²) >= 11 is 5.65. The number of nitrogens with one attached hydrogen (secondary N) is 1. The van der Waals surface area contributed by atoms with Gasteiger partial charge in [-0.1, -0.05) is 36.4 Å². The lowest BCUT2D eigenvalue weighted by Crippen LogP contribution is -2.31. The maximum absolute atomic E-state index is 12.0. The second-order valence-electron chi connectivity index (χ2n) is 5.07. The lowest BCUT2D eigenvalue weighted by Gasteiger charge is -2.29. The van der Waals surface area contributed by atoms with E-state index in [0.717, 1.165) is 28.2 Å². The Bertz CT molecular complexity index is 684. The lowest BCUT2D eigenvalue weighted by atomic mass is 9.93. The van der Waals surface area contributed by atoms with Crippen molar-refractivity contribution in [2.75, 3.05) is 5.88 Å². The maximum Gasteiger partial charge on any atom is 0.221 e. The Morgan fingerprint density at radius 2 is 1.95 bits per heavy atom. The number of aryl methyl sites for hydroxylation is 1. The summed E-state index contributed by atoms with van der Waals surface area (Å²) in [6.45, 7) is 2.00. The highest BCUT2D eigenvalue weighted by Gasteiger charge is 2.28. The van der Waals surface area contributed by atoms with Crippen LogP contribution in [0.25, 0.3) is 0 Å². The topological polar surface area (TPSA) is 38.3 Å². The Morgan fingerprint density at radius 1 is 1.19 bits per heavy atom. The van der Waals surface area contributed by atoms with E-state index in [1.807, 2.05) is 49.4 Å². The van der Waals surface area contributed by atoms with Gasteiger partial charge >= 0.3 is 0 Å². The van der Waals surface area contributed by atoms with Crippen molar-refractivity contribution in [3.63, 3.8) is 0 Å². The molecule has 0 aliphatic carbocycles. The standard InChI is InChI=1S/C17H16ClNO2/c1-11-5-4-7-13-16(19-15(20)9-10-18)12-6-2-3-8-14(12)21-17(11)13/h2-8,16H,9-10H2,1H3,(H,19,20). The van der Waals surface area contributed by atoms with Gasteiger partial charge in [0.2, 0.25) is 5.91 Å². The molecule has 1 N–H and O–H groups in total. The summed E-state index contributed by atoms with van der Waals surface area (Å²) in [5.74, 6) is 1.87. The summed E-state index contributed by atoms with van der Waals surface area (Å²) < 4.78 is 6.00. The first-order valence-corrected chi connectivity index (χ1v) is 7.46. The predicted octanol–water partition coefficient (Wildman–Crippen LogP) is 3.94. The van der Waals surface area contributed by atoms with E-state index in [0.29, 0.717) is 12.3 Å². The second-order valence-corrected chi connectivity index (χ2v) is 5.45. The molecular formula is C17H16ClNO2. The quantitative estimate of drug-likeness (QED) is 0.872. The number of hydrogen-bond donors (Lipinski definition) is 1. The molecule has 0 fully saturated rings. The third-order valence-corrected chi connectivity index (χ3v) is 3.81. The average Bonchev–Trinajstić information content (AvgIpc) is 2.48. The maximum atomic E-state index is 12.0. The van der Waals surface area contributed by atoms with Gasteiger partial charge in [-0.3, -0.25) is 4.79 Å². The van der Waals surface area contributed by atoms with Crippen molar-refractivity contribution in [3.8, 4) is 11.5 Å². The van der Waals surface area contributed by atoms with Crippen molar-refractivity contribution in [1.29, 1.82) is 0 Å². The molecule has 1 amide bonds. The Kier molecular flexibility index (Phi) is 3.84. The third-order valence-electron chi connectivity index (χ3n) is 3.62. The number of fused-ring (bicyclic) bond motifs is 2.